The number of cyclic esters (lactones) is 1. The Labute approximate surface area is 612 Å². The van der Waals surface area contributed by atoms with E-state index in [2.05, 4.69) is 84.9 Å². The molecule has 13 rings (SSSR count). The number of benzene rings is 10. The minimum absolute atomic E-state index is 0.149. The Bertz CT molecular complexity index is 4010. The van der Waals surface area contributed by atoms with Crippen molar-refractivity contribution in [1.29, 1.82) is 0 Å². The molecule has 3 aliphatic rings. The molecule has 3 saturated heterocycles. The van der Waals surface area contributed by atoms with Crippen LogP contribution in [-0.4, -0.2) is 98.0 Å². The summed E-state index contributed by atoms with van der Waals surface area (Å²) in [6.45, 7) is 2.72. The van der Waals surface area contributed by atoms with Crippen LogP contribution in [0.2, 0.25) is 0 Å². The van der Waals surface area contributed by atoms with Crippen LogP contribution in [0, 0.1) is 0 Å². The quantitative estimate of drug-likeness (QED) is 0.0342. The summed E-state index contributed by atoms with van der Waals surface area (Å²) < 4.78 is 93.1. The van der Waals surface area contributed by atoms with Crippen LogP contribution in [-0.2, 0) is 132 Å². The zero-order chi connectivity index (χ0) is 70.6. The zero-order valence-corrected chi connectivity index (χ0v) is 58.8. The molecule has 538 valence electrons. The molecule has 14 nitrogen and oxygen atoms in total. The fourth-order valence-corrected chi connectivity index (χ4v) is 14.0. The van der Waals surface area contributed by atoms with E-state index in [4.69, 9.17) is 61.6 Å². The molecule has 3 heterocycles. The maximum Gasteiger partial charge on any atom is 0.338 e. The molecule has 0 amide bonds. The van der Waals surface area contributed by atoms with Gasteiger partial charge in [0.2, 0.25) is 0 Å². The van der Waals surface area contributed by atoms with Gasteiger partial charge in [0.15, 0.2) is 6.10 Å². The Morgan fingerprint density at radius 1 is 0.212 bits per heavy atom. The second-order valence-electron chi connectivity index (χ2n) is 26.9. The highest BCUT2D eigenvalue weighted by Gasteiger charge is 2.53. The van der Waals surface area contributed by atoms with Crippen molar-refractivity contribution in [3.8, 4) is 0 Å². The number of esters is 1. The van der Waals surface area contributed by atoms with Crippen molar-refractivity contribution in [2.75, 3.05) is 6.61 Å². The lowest BCUT2D eigenvalue weighted by Crippen LogP contribution is -2.62. The van der Waals surface area contributed by atoms with Gasteiger partial charge in [-0.2, -0.15) is 0 Å². The van der Waals surface area contributed by atoms with E-state index in [0.29, 0.717) is 32.5 Å². The first kappa shape index (κ1) is 73.5. The van der Waals surface area contributed by atoms with Crippen LogP contribution in [0.1, 0.15) is 81.3 Å². The average molecular weight is 1400 g/mol. The summed E-state index contributed by atoms with van der Waals surface area (Å²) in [4.78, 5) is 15.0. The Hall–Kier alpha value is -8.81. The van der Waals surface area contributed by atoms with Gasteiger partial charge in [-0.3, -0.25) is 0 Å². The van der Waals surface area contributed by atoms with E-state index < -0.39 is 91.4 Å². The summed E-state index contributed by atoms with van der Waals surface area (Å²) in [5, 5.41) is 0. The molecule has 0 N–H and O–H groups in total. The monoisotopic (exact) mass is 1400 g/mol. The topological polar surface area (TPSA) is 137 Å². The molecular weight excluding hydrogens is 1300 g/mol. The van der Waals surface area contributed by atoms with E-state index in [1.807, 2.05) is 218 Å². The predicted octanol–water partition coefficient (Wildman–Crippen LogP) is 16.5. The normalized spacial score (nSPS) is 24.0. The molecule has 10 aromatic rings. The van der Waals surface area contributed by atoms with Crippen molar-refractivity contribution in [3.05, 3.63) is 359 Å². The highest BCUT2D eigenvalue weighted by atomic mass is 16.6. The molecular formula is C90H94O14. The molecule has 14 heteroatoms. The standard InChI is InChI=1S/C90H94O14/c91-90-89(101-64-75-49-29-10-30-50-75)88(100-63-74-47-27-9-28-48-74)84(96-59-70-39-19-5-20-40-70)79(104-90)54-53-77-82(94-57-68-35-15-3-16-36-68)86(98-61-72-43-23-7-24-44-72)81(93-56-67-33-13-2-14-34-67)76(102-77)51-52-78-83(95-58-69-37-17-4-18-38-69)87(99-62-73-45-25-8-26-46-73)85(97-60-71-41-21-6-22-42-71)80(103-78)65-92-55-66-31-11-1-12-32-66/h1-50,76-89H,51-65H2/t76-,77+,78+,79-,80-,81+,82+,83+,84+,85+,86+,87-,88+,89-/m1/s1. The maximum atomic E-state index is 15.0. The fourth-order valence-electron chi connectivity index (χ4n) is 14.0. The Morgan fingerprint density at radius 2 is 0.413 bits per heavy atom. The van der Waals surface area contributed by atoms with Crippen LogP contribution in [0.5, 0.6) is 0 Å². The molecule has 0 unspecified atom stereocenters. The van der Waals surface area contributed by atoms with Crippen LogP contribution >= 0.6 is 0 Å². The van der Waals surface area contributed by atoms with E-state index in [1.165, 1.54) is 0 Å². The highest BCUT2D eigenvalue weighted by molar-refractivity contribution is 5.77. The largest absolute Gasteiger partial charge is 0.457 e. The Balaban J connectivity index is 0.872. The lowest BCUT2D eigenvalue weighted by molar-refractivity contribution is -0.282. The second kappa shape index (κ2) is 39.3. The molecule has 0 saturated carbocycles. The molecule has 0 aliphatic carbocycles. The van der Waals surface area contributed by atoms with Gasteiger partial charge in [0.25, 0.3) is 0 Å². The van der Waals surface area contributed by atoms with Gasteiger partial charge >= 0.3 is 5.97 Å². The third-order valence-electron chi connectivity index (χ3n) is 19.4. The van der Waals surface area contributed by atoms with Gasteiger partial charge in [0, 0.05) is 0 Å². The van der Waals surface area contributed by atoms with Gasteiger partial charge in [-0.1, -0.05) is 303 Å². The van der Waals surface area contributed by atoms with Gasteiger partial charge in [-0.15, -0.1) is 0 Å². The van der Waals surface area contributed by atoms with Gasteiger partial charge in [0.05, 0.1) is 91.0 Å². The molecule has 0 bridgehead atoms. The van der Waals surface area contributed by atoms with Crippen molar-refractivity contribution in [3.63, 3.8) is 0 Å². The summed E-state index contributed by atoms with van der Waals surface area (Å²) in [6, 6.07) is 101. The third kappa shape index (κ3) is 21.4. The molecule has 3 fully saturated rings. The second-order valence-corrected chi connectivity index (χ2v) is 26.9. The van der Waals surface area contributed by atoms with Gasteiger partial charge in [0.1, 0.15) is 61.0 Å². The summed E-state index contributed by atoms with van der Waals surface area (Å²) >= 11 is 0. The van der Waals surface area contributed by atoms with Crippen molar-refractivity contribution in [1.82, 2.24) is 0 Å². The minimum atomic E-state index is -1.13. The number of carbonyl (C=O) groups excluding carboxylic acids is 1. The fraction of sp³-hybridized carbons (Fsp3) is 0.322. The first-order chi connectivity index (χ1) is 51.5. The van der Waals surface area contributed by atoms with Crippen molar-refractivity contribution in [2.45, 2.75) is 177 Å². The summed E-state index contributed by atoms with van der Waals surface area (Å²) in [6.07, 6.45) is -8.94. The molecule has 14 atom stereocenters. The average Bonchev–Trinajstić information content (AvgIpc) is 0.789. The zero-order valence-electron chi connectivity index (χ0n) is 58.8. The van der Waals surface area contributed by atoms with Crippen LogP contribution in [0.15, 0.2) is 303 Å². The summed E-state index contributed by atoms with van der Waals surface area (Å²) in [5.41, 5.74) is 9.76. The number of hydrogen-bond donors (Lipinski definition) is 0. The van der Waals surface area contributed by atoms with Crippen LogP contribution < -0.4 is 0 Å². The summed E-state index contributed by atoms with van der Waals surface area (Å²) in [7, 11) is 0. The van der Waals surface area contributed by atoms with E-state index in [1.54, 1.807) is 0 Å². The van der Waals surface area contributed by atoms with Crippen molar-refractivity contribution < 1.29 is 66.4 Å². The van der Waals surface area contributed by atoms with E-state index in [-0.39, 0.29) is 65.9 Å². The van der Waals surface area contributed by atoms with Crippen LogP contribution in [0.4, 0.5) is 0 Å². The molecule has 3 aliphatic heterocycles. The van der Waals surface area contributed by atoms with E-state index >= 15 is 0 Å². The van der Waals surface area contributed by atoms with Crippen LogP contribution in [0.3, 0.4) is 0 Å². The van der Waals surface area contributed by atoms with E-state index in [0.717, 1.165) is 55.6 Å². The SMILES string of the molecule is O=C1O[C@H](CC[C@@H]2O[C@H](CC[C@@H]3O[C@H](COCc4ccccc4)[C@H](OCc4ccccc4)[C@H](OCc4ccccc4)[C@H]3OCc3ccccc3)[C@H](OCc3ccccc3)[C@H](OCc3ccccc3)[C@H]2OCc2ccccc2)[C@H](OCc2ccccc2)[C@H](OCc2ccccc2)[C@H]1OCc1ccccc1. The molecule has 0 aromatic heterocycles. The molecule has 104 heavy (non-hydrogen) atoms. The predicted molar refractivity (Wildman–Crippen MR) is 397 cm³/mol. The molecule has 0 radical (unpaired) electrons. The third-order valence-corrected chi connectivity index (χ3v) is 19.4. The molecule has 10 aromatic carbocycles. The van der Waals surface area contributed by atoms with Gasteiger partial charge < -0.3 is 61.6 Å². The first-order valence-corrected chi connectivity index (χ1v) is 36.5. The Kier molecular flexibility index (Phi) is 27.8. The number of ether oxygens (including phenoxy) is 13. The van der Waals surface area contributed by atoms with Gasteiger partial charge in [-0.25, -0.2) is 4.79 Å². The number of carbonyl (C=O) groups is 1. The molecule has 0 spiro atoms. The highest BCUT2D eigenvalue weighted by Crippen LogP contribution is 2.40. The maximum absolute atomic E-state index is 15.0. The number of rotatable bonds is 37. The van der Waals surface area contributed by atoms with Crippen molar-refractivity contribution >= 4 is 5.97 Å². The lowest BCUT2D eigenvalue weighted by Gasteiger charge is -2.49. The van der Waals surface area contributed by atoms with E-state index in [9.17, 15) is 4.79 Å². The minimum Gasteiger partial charge on any atom is -0.457 e. The first-order valence-electron chi connectivity index (χ1n) is 36.5. The Morgan fingerprint density at radius 3 is 0.692 bits per heavy atom. The lowest BCUT2D eigenvalue weighted by atomic mass is 9.86. The van der Waals surface area contributed by atoms with Crippen LogP contribution in [0.25, 0.3) is 0 Å². The summed E-state index contributed by atoms with van der Waals surface area (Å²) in [5.74, 6) is -0.541. The van der Waals surface area contributed by atoms with Gasteiger partial charge in [-0.05, 0) is 81.3 Å². The smallest absolute Gasteiger partial charge is 0.338 e. The number of hydrogen-bond acceptors (Lipinski definition) is 14. The van der Waals surface area contributed by atoms with Crippen molar-refractivity contribution in [2.24, 2.45) is 0 Å².